The number of hydrogen-bond donors (Lipinski definition) is 1. The summed E-state index contributed by atoms with van der Waals surface area (Å²) in [6.07, 6.45) is 3.29. The van der Waals surface area contributed by atoms with Crippen LogP contribution in [0.3, 0.4) is 0 Å². The first-order valence-corrected chi connectivity index (χ1v) is 11.5. The molecule has 0 radical (unpaired) electrons. The molecule has 0 aliphatic rings. The molecule has 8 nitrogen and oxygen atoms in total. The molecule has 0 fully saturated rings. The van der Waals surface area contributed by atoms with Crippen LogP contribution in [0.1, 0.15) is 25.1 Å². The van der Waals surface area contributed by atoms with E-state index in [1.807, 2.05) is 13.8 Å². The van der Waals surface area contributed by atoms with E-state index in [0.29, 0.717) is 0 Å². The number of anilines is 1. The quantitative estimate of drug-likeness (QED) is 0.553. The topological polar surface area (TPSA) is 97.4 Å². The number of hydrogen-bond acceptors (Lipinski definition) is 6. The average molecular weight is 485 g/mol. The molecule has 3 aromatic rings. The number of pyridine rings is 1. The van der Waals surface area contributed by atoms with E-state index in [4.69, 9.17) is 0 Å². The number of nitrogens with zero attached hydrogens (tertiary/aromatic N) is 4. The van der Waals surface area contributed by atoms with Crippen LogP contribution in [-0.4, -0.2) is 46.2 Å². The molecule has 3 rings (SSSR count). The second-order valence-electron chi connectivity index (χ2n) is 7.23. The molecule has 0 saturated heterocycles. The largest absolute Gasteiger partial charge is 0.501 e. The number of alkyl halides is 3. The fourth-order valence-corrected chi connectivity index (χ4v) is 4.29. The maximum atomic E-state index is 13.1. The van der Waals surface area contributed by atoms with Crippen LogP contribution in [0.15, 0.2) is 52.4 Å². The van der Waals surface area contributed by atoms with Gasteiger partial charge in [-0.05, 0) is 56.7 Å². The van der Waals surface area contributed by atoms with Crippen LogP contribution in [0.25, 0.3) is 5.69 Å². The summed E-state index contributed by atoms with van der Waals surface area (Å²) in [6.45, 7) is 7.09. The molecule has 12 heteroatoms. The smallest absolute Gasteiger partial charge is 0.493 e. The van der Waals surface area contributed by atoms with Crippen molar-refractivity contribution in [2.24, 2.45) is 0 Å². The highest BCUT2D eigenvalue weighted by Crippen LogP contribution is 2.31. The minimum Gasteiger partial charge on any atom is -0.493 e. The van der Waals surface area contributed by atoms with Crippen molar-refractivity contribution in [1.82, 2.24) is 14.1 Å². The summed E-state index contributed by atoms with van der Waals surface area (Å²) >= 11 is 0. The van der Waals surface area contributed by atoms with Gasteiger partial charge in [-0.15, -0.1) is 0 Å². The van der Waals surface area contributed by atoms with E-state index >= 15 is 0 Å². The Morgan fingerprint density at radius 3 is 2.24 bits per heavy atom. The minimum atomic E-state index is -5.52. The Balaban J connectivity index is 2.04. The van der Waals surface area contributed by atoms with Gasteiger partial charge in [0.15, 0.2) is 0 Å². The SMILES string of the molecule is CCN(CC)c1cnccc1Cn1c(C)c(O)n(-c2ccc(S(=O)(=O)C(F)(F)F)cc2)c1=O. The van der Waals surface area contributed by atoms with Crippen molar-refractivity contribution in [2.75, 3.05) is 18.0 Å². The molecule has 1 N–H and O–H groups in total. The molecule has 0 spiro atoms. The third-order valence-corrected chi connectivity index (χ3v) is 6.89. The fraction of sp³-hybridized carbons (Fsp3) is 0.333. The third-order valence-electron chi connectivity index (χ3n) is 5.39. The molecular weight excluding hydrogens is 461 g/mol. The van der Waals surface area contributed by atoms with Gasteiger partial charge in [-0.25, -0.2) is 17.8 Å². The lowest BCUT2D eigenvalue weighted by Gasteiger charge is -2.23. The highest BCUT2D eigenvalue weighted by Gasteiger charge is 2.46. The van der Waals surface area contributed by atoms with Gasteiger partial charge in [-0.3, -0.25) is 9.55 Å². The molecule has 1 aromatic carbocycles. The van der Waals surface area contributed by atoms with Crippen molar-refractivity contribution in [1.29, 1.82) is 0 Å². The van der Waals surface area contributed by atoms with Crippen molar-refractivity contribution >= 4 is 15.5 Å². The van der Waals surface area contributed by atoms with Gasteiger partial charge in [0.2, 0.25) is 5.88 Å². The number of sulfone groups is 1. The molecule has 0 amide bonds. The Kier molecular flexibility index (Phi) is 6.59. The van der Waals surface area contributed by atoms with Crippen molar-refractivity contribution in [3.8, 4) is 11.6 Å². The van der Waals surface area contributed by atoms with Crippen LogP contribution in [0.2, 0.25) is 0 Å². The van der Waals surface area contributed by atoms with Crippen LogP contribution in [0.5, 0.6) is 5.88 Å². The molecule has 178 valence electrons. The first kappa shape index (κ1) is 24.4. The standard InChI is InChI=1S/C21H23F3N4O4S/c1-4-26(5-2)18-12-25-11-10-15(18)13-27-14(3)19(29)28(20(27)30)16-6-8-17(9-7-16)33(31,32)21(22,23)24/h6-12,29H,4-5,13H2,1-3H3. The Morgan fingerprint density at radius 2 is 1.70 bits per heavy atom. The molecule has 0 aliphatic heterocycles. The Bertz CT molecular complexity index is 1310. The van der Waals surface area contributed by atoms with Gasteiger partial charge < -0.3 is 10.0 Å². The highest BCUT2D eigenvalue weighted by molar-refractivity contribution is 7.92. The van der Waals surface area contributed by atoms with E-state index in [1.165, 1.54) is 11.5 Å². The van der Waals surface area contributed by atoms with Crippen molar-refractivity contribution in [3.05, 3.63) is 64.5 Å². The lowest BCUT2D eigenvalue weighted by atomic mass is 10.2. The average Bonchev–Trinajstić information content (AvgIpc) is 2.98. The van der Waals surface area contributed by atoms with E-state index in [9.17, 15) is 31.5 Å². The molecule has 0 unspecified atom stereocenters. The van der Waals surface area contributed by atoms with Gasteiger partial charge in [0.05, 0.1) is 34.7 Å². The predicted octanol–water partition coefficient (Wildman–Crippen LogP) is 3.24. The number of imidazole rings is 1. The summed E-state index contributed by atoms with van der Waals surface area (Å²) in [7, 11) is -5.52. The summed E-state index contributed by atoms with van der Waals surface area (Å²) in [5.74, 6) is -0.398. The zero-order valence-corrected chi connectivity index (χ0v) is 19.0. The number of benzene rings is 1. The lowest BCUT2D eigenvalue weighted by molar-refractivity contribution is -0.0436. The van der Waals surface area contributed by atoms with E-state index in [2.05, 4.69) is 9.88 Å². The highest BCUT2D eigenvalue weighted by atomic mass is 32.2. The summed E-state index contributed by atoms with van der Waals surface area (Å²) in [4.78, 5) is 18.4. The fourth-order valence-electron chi connectivity index (χ4n) is 3.53. The summed E-state index contributed by atoms with van der Waals surface area (Å²) < 4.78 is 63.7. The number of aromatic hydroxyl groups is 1. The minimum absolute atomic E-state index is 0.0270. The van der Waals surface area contributed by atoms with E-state index in [0.717, 1.165) is 53.2 Å². The normalized spacial score (nSPS) is 12.2. The number of aromatic nitrogens is 3. The zero-order valence-electron chi connectivity index (χ0n) is 18.2. The van der Waals surface area contributed by atoms with Crippen LogP contribution < -0.4 is 10.6 Å². The van der Waals surface area contributed by atoms with Crippen LogP contribution in [-0.2, 0) is 16.4 Å². The van der Waals surface area contributed by atoms with E-state index < -0.39 is 31.8 Å². The predicted molar refractivity (Wildman–Crippen MR) is 117 cm³/mol. The maximum absolute atomic E-state index is 13.1. The first-order valence-electron chi connectivity index (χ1n) is 10.0. The second kappa shape index (κ2) is 8.93. The molecule has 0 atom stereocenters. The molecule has 0 saturated carbocycles. The molecule has 0 aliphatic carbocycles. The van der Waals surface area contributed by atoms with Crippen LogP contribution in [0, 0.1) is 6.92 Å². The first-order chi connectivity index (χ1) is 15.4. The van der Waals surface area contributed by atoms with Crippen LogP contribution in [0.4, 0.5) is 18.9 Å². The Hall–Kier alpha value is -3.28. The van der Waals surface area contributed by atoms with Crippen LogP contribution >= 0.6 is 0 Å². The summed E-state index contributed by atoms with van der Waals surface area (Å²) in [5.41, 5.74) is -4.17. The zero-order chi connectivity index (χ0) is 24.6. The van der Waals surface area contributed by atoms with E-state index in [-0.39, 0.29) is 17.9 Å². The lowest BCUT2D eigenvalue weighted by Crippen LogP contribution is -2.27. The van der Waals surface area contributed by atoms with Gasteiger partial charge in [-0.2, -0.15) is 13.2 Å². The Labute approximate surface area is 188 Å². The van der Waals surface area contributed by atoms with Crippen molar-refractivity contribution in [2.45, 2.75) is 37.7 Å². The molecule has 33 heavy (non-hydrogen) atoms. The van der Waals surface area contributed by atoms with Crippen molar-refractivity contribution in [3.63, 3.8) is 0 Å². The molecule has 2 aromatic heterocycles. The summed E-state index contributed by atoms with van der Waals surface area (Å²) in [5, 5.41) is 10.6. The van der Waals surface area contributed by atoms with Gasteiger partial charge in [-0.1, -0.05) is 0 Å². The van der Waals surface area contributed by atoms with E-state index in [1.54, 1.807) is 18.5 Å². The monoisotopic (exact) mass is 484 g/mol. The van der Waals surface area contributed by atoms with Gasteiger partial charge in [0, 0.05) is 19.3 Å². The van der Waals surface area contributed by atoms with Gasteiger partial charge >= 0.3 is 11.2 Å². The number of rotatable bonds is 7. The summed E-state index contributed by atoms with van der Waals surface area (Å²) in [6, 6.07) is 5.34. The number of halogens is 3. The second-order valence-corrected chi connectivity index (χ2v) is 9.17. The van der Waals surface area contributed by atoms with Gasteiger partial charge in [0.25, 0.3) is 9.84 Å². The molecular formula is C21H23F3N4O4S. The molecule has 0 bridgehead atoms. The van der Waals surface area contributed by atoms with Gasteiger partial charge in [0.1, 0.15) is 0 Å². The third kappa shape index (κ3) is 4.34. The maximum Gasteiger partial charge on any atom is 0.501 e. The molecule has 2 heterocycles. The van der Waals surface area contributed by atoms with Crippen molar-refractivity contribution < 1.29 is 26.7 Å². The Morgan fingerprint density at radius 1 is 1.09 bits per heavy atom.